The molecule has 0 spiro atoms. The van der Waals surface area contributed by atoms with Gasteiger partial charge < -0.3 is 10.5 Å². The van der Waals surface area contributed by atoms with Crippen LogP contribution in [0.15, 0.2) is 12.1 Å². The van der Waals surface area contributed by atoms with E-state index in [1.165, 1.54) is 0 Å². The molecule has 0 aliphatic heterocycles. The first-order chi connectivity index (χ1) is 8.38. The van der Waals surface area contributed by atoms with Crippen LogP contribution in [-0.4, -0.2) is 12.6 Å². The van der Waals surface area contributed by atoms with Crippen LogP contribution in [0, 0.1) is 0 Å². The van der Waals surface area contributed by atoms with Crippen LogP contribution in [0.25, 0.3) is 0 Å². The topological polar surface area (TPSA) is 50.1 Å². The maximum absolute atomic E-state index is 11.8. The van der Waals surface area contributed by atoms with E-state index in [0.29, 0.717) is 17.9 Å². The number of benzene rings is 1. The average molecular weight is 248 g/mol. The summed E-state index contributed by atoms with van der Waals surface area (Å²) in [5.74, 6) is 0.148. The van der Waals surface area contributed by atoms with Gasteiger partial charge in [0.25, 0.3) is 0 Å². The van der Waals surface area contributed by atoms with E-state index in [0.717, 1.165) is 11.1 Å². The molecular formula is C15H22NO2. The predicted molar refractivity (Wildman–Crippen MR) is 73.3 cm³/mol. The van der Waals surface area contributed by atoms with E-state index >= 15 is 0 Å². The number of hydrogen-bond donors (Lipinski definition) is 0. The smallest absolute Gasteiger partial charge is 0.338 e. The Morgan fingerprint density at radius 2 is 1.61 bits per heavy atom. The molecule has 0 saturated heterocycles. The number of ether oxygens (including phenoxy) is 1. The molecule has 0 bridgehead atoms. The van der Waals surface area contributed by atoms with E-state index < -0.39 is 0 Å². The van der Waals surface area contributed by atoms with E-state index in [2.05, 4.69) is 0 Å². The molecule has 1 N–H and O–H groups in total. The van der Waals surface area contributed by atoms with Gasteiger partial charge in [0.05, 0.1) is 17.9 Å². The molecule has 0 heterocycles. The van der Waals surface area contributed by atoms with Gasteiger partial charge >= 0.3 is 5.97 Å². The fourth-order valence-corrected chi connectivity index (χ4v) is 1.93. The summed E-state index contributed by atoms with van der Waals surface area (Å²) in [6.45, 7) is 10.3. The van der Waals surface area contributed by atoms with Crippen LogP contribution in [0.5, 0.6) is 0 Å². The summed E-state index contributed by atoms with van der Waals surface area (Å²) in [6.07, 6.45) is 0. The van der Waals surface area contributed by atoms with Crippen LogP contribution in [0.1, 0.15) is 67.9 Å². The average Bonchev–Trinajstić information content (AvgIpc) is 2.28. The third kappa shape index (κ3) is 3.03. The van der Waals surface area contributed by atoms with Crippen molar-refractivity contribution < 1.29 is 9.53 Å². The fraction of sp³-hybridized carbons (Fsp3) is 0.533. The van der Waals surface area contributed by atoms with Gasteiger partial charge in [-0.2, -0.15) is 0 Å². The highest BCUT2D eigenvalue weighted by Crippen LogP contribution is 2.32. The van der Waals surface area contributed by atoms with Gasteiger partial charge in [-0.05, 0) is 42.0 Å². The lowest BCUT2D eigenvalue weighted by Crippen LogP contribution is -2.08. The van der Waals surface area contributed by atoms with E-state index in [4.69, 9.17) is 10.5 Å². The molecule has 0 saturated carbocycles. The SMILES string of the molecule is CCOC(=O)c1cc(C(C)C)c([NH])c(C(C)C)c1. The second-order valence-corrected chi connectivity index (χ2v) is 5.06. The monoisotopic (exact) mass is 248 g/mol. The minimum atomic E-state index is -0.304. The maximum atomic E-state index is 11.8. The summed E-state index contributed by atoms with van der Waals surface area (Å²) >= 11 is 0. The third-order valence-electron chi connectivity index (χ3n) is 2.95. The van der Waals surface area contributed by atoms with Crippen molar-refractivity contribution in [2.24, 2.45) is 0 Å². The Balaban J connectivity index is 3.33. The Kier molecular flexibility index (Phi) is 4.76. The summed E-state index contributed by atoms with van der Waals surface area (Å²) in [5, 5.41) is 0. The molecular weight excluding hydrogens is 226 g/mol. The zero-order valence-electron chi connectivity index (χ0n) is 11.8. The van der Waals surface area contributed by atoms with Gasteiger partial charge in [0.2, 0.25) is 0 Å². The highest BCUT2D eigenvalue weighted by Gasteiger charge is 2.17. The molecule has 1 rings (SSSR count). The quantitative estimate of drug-likeness (QED) is 0.755. The molecule has 3 nitrogen and oxygen atoms in total. The number of nitrogens with one attached hydrogen (secondary N) is 1. The first kappa shape index (κ1) is 14.6. The van der Waals surface area contributed by atoms with E-state index in [-0.39, 0.29) is 17.8 Å². The second kappa shape index (κ2) is 5.89. The van der Waals surface area contributed by atoms with Gasteiger partial charge in [0.1, 0.15) is 0 Å². The first-order valence-electron chi connectivity index (χ1n) is 6.45. The van der Waals surface area contributed by atoms with Crippen molar-refractivity contribution in [1.82, 2.24) is 5.73 Å². The molecule has 1 aromatic rings. The Morgan fingerprint density at radius 3 is 1.94 bits per heavy atom. The van der Waals surface area contributed by atoms with Crippen LogP contribution in [0.3, 0.4) is 0 Å². The Labute approximate surface area is 109 Å². The number of carbonyl (C=O) groups excluding carboxylic acids is 1. The molecule has 0 fully saturated rings. The third-order valence-corrected chi connectivity index (χ3v) is 2.95. The lowest BCUT2D eigenvalue weighted by Gasteiger charge is -2.17. The van der Waals surface area contributed by atoms with Crippen LogP contribution in [0.4, 0.5) is 5.69 Å². The van der Waals surface area contributed by atoms with Gasteiger partial charge in [0.15, 0.2) is 0 Å². The molecule has 99 valence electrons. The van der Waals surface area contributed by atoms with Gasteiger partial charge in [0, 0.05) is 0 Å². The van der Waals surface area contributed by atoms with Gasteiger partial charge in [-0.15, -0.1) is 0 Å². The highest BCUT2D eigenvalue weighted by atomic mass is 16.5. The molecule has 1 aromatic carbocycles. The Bertz CT molecular complexity index is 407. The van der Waals surface area contributed by atoms with Crippen molar-refractivity contribution in [1.29, 1.82) is 0 Å². The number of rotatable bonds is 4. The van der Waals surface area contributed by atoms with Gasteiger partial charge in [-0.1, -0.05) is 27.7 Å². The van der Waals surface area contributed by atoms with Crippen molar-refractivity contribution in [2.75, 3.05) is 6.61 Å². The first-order valence-corrected chi connectivity index (χ1v) is 6.45. The molecule has 0 unspecified atom stereocenters. The lowest BCUT2D eigenvalue weighted by molar-refractivity contribution is 0.0526. The minimum Gasteiger partial charge on any atom is -0.462 e. The van der Waals surface area contributed by atoms with Gasteiger partial charge in [-0.3, -0.25) is 0 Å². The van der Waals surface area contributed by atoms with Crippen molar-refractivity contribution in [3.63, 3.8) is 0 Å². The molecule has 0 atom stereocenters. The van der Waals surface area contributed by atoms with Crippen molar-refractivity contribution in [3.8, 4) is 0 Å². The minimum absolute atomic E-state index is 0.226. The number of carbonyl (C=O) groups is 1. The summed E-state index contributed by atoms with van der Waals surface area (Å²) in [5.41, 5.74) is 11.1. The molecule has 0 aliphatic rings. The largest absolute Gasteiger partial charge is 0.462 e. The molecule has 0 amide bonds. The summed E-state index contributed by atoms with van der Waals surface area (Å²) < 4.78 is 5.04. The highest BCUT2D eigenvalue weighted by molar-refractivity contribution is 5.90. The summed E-state index contributed by atoms with van der Waals surface area (Å²) in [4.78, 5) is 11.8. The normalized spacial score (nSPS) is 11.1. The van der Waals surface area contributed by atoms with E-state index in [9.17, 15) is 4.79 Å². The van der Waals surface area contributed by atoms with Crippen LogP contribution in [-0.2, 0) is 4.74 Å². The zero-order valence-corrected chi connectivity index (χ0v) is 11.8. The fourth-order valence-electron chi connectivity index (χ4n) is 1.93. The zero-order chi connectivity index (χ0) is 13.9. The second-order valence-electron chi connectivity index (χ2n) is 5.06. The maximum Gasteiger partial charge on any atom is 0.338 e. The lowest BCUT2D eigenvalue weighted by atomic mass is 9.90. The number of hydrogen-bond acceptors (Lipinski definition) is 2. The predicted octanol–water partition coefficient (Wildman–Crippen LogP) is 4.02. The Morgan fingerprint density at radius 1 is 1.17 bits per heavy atom. The van der Waals surface area contributed by atoms with Crippen molar-refractivity contribution >= 4 is 11.7 Å². The van der Waals surface area contributed by atoms with Crippen LogP contribution >= 0.6 is 0 Å². The summed E-state index contributed by atoms with van der Waals surface area (Å²) in [6, 6.07) is 3.58. The molecule has 18 heavy (non-hydrogen) atoms. The van der Waals surface area contributed by atoms with E-state index in [1.54, 1.807) is 19.1 Å². The van der Waals surface area contributed by atoms with Gasteiger partial charge in [-0.25, -0.2) is 4.79 Å². The summed E-state index contributed by atoms with van der Waals surface area (Å²) in [7, 11) is 0. The number of esters is 1. The standard InChI is InChI=1S/C15H22NO2/c1-6-18-15(17)11-7-12(9(2)3)14(16)13(8-11)10(4)5/h7-10,16H,6H2,1-5H3. The van der Waals surface area contributed by atoms with Crippen LogP contribution < -0.4 is 5.73 Å². The molecule has 1 radical (unpaired) electrons. The Hall–Kier alpha value is -1.51. The van der Waals surface area contributed by atoms with Crippen LogP contribution in [0.2, 0.25) is 0 Å². The van der Waals surface area contributed by atoms with Crippen molar-refractivity contribution in [3.05, 3.63) is 28.8 Å². The molecule has 0 aromatic heterocycles. The molecule has 3 heteroatoms. The molecule has 0 aliphatic carbocycles. The van der Waals surface area contributed by atoms with Crippen molar-refractivity contribution in [2.45, 2.75) is 46.5 Å². The van der Waals surface area contributed by atoms with E-state index in [1.807, 2.05) is 27.7 Å².